The number of rotatable bonds is 3. The van der Waals surface area contributed by atoms with Gasteiger partial charge in [0.25, 0.3) is 6.43 Å². The van der Waals surface area contributed by atoms with E-state index in [1.54, 1.807) is 0 Å². The summed E-state index contributed by atoms with van der Waals surface area (Å²) in [5, 5.41) is 8.41. The number of nitrogen functional groups attached to an aromatic ring is 1. The number of nitriles is 1. The van der Waals surface area contributed by atoms with E-state index in [2.05, 4.69) is 9.72 Å². The maximum atomic E-state index is 12.5. The number of hydrogen-bond donors (Lipinski definition) is 1. The van der Waals surface area contributed by atoms with E-state index in [9.17, 15) is 22.0 Å². The Morgan fingerprint density at radius 3 is 2.50 bits per heavy atom. The number of alkyl halides is 5. The van der Waals surface area contributed by atoms with Crippen LogP contribution in [-0.2, 0) is 6.42 Å². The van der Waals surface area contributed by atoms with Gasteiger partial charge in [-0.05, 0) is 6.07 Å². The van der Waals surface area contributed by atoms with Gasteiger partial charge in [-0.1, -0.05) is 0 Å². The summed E-state index contributed by atoms with van der Waals surface area (Å²) in [6.07, 6.45) is -8.61. The molecule has 0 saturated carbocycles. The van der Waals surface area contributed by atoms with Crippen LogP contribution < -0.4 is 10.5 Å². The molecule has 1 heterocycles. The fourth-order valence-corrected chi connectivity index (χ4v) is 1.15. The zero-order valence-corrected chi connectivity index (χ0v) is 8.63. The van der Waals surface area contributed by atoms with Crippen LogP contribution in [0.4, 0.5) is 27.8 Å². The Morgan fingerprint density at radius 1 is 1.44 bits per heavy atom. The Labute approximate surface area is 97.8 Å². The van der Waals surface area contributed by atoms with Crippen LogP contribution >= 0.6 is 0 Å². The molecule has 18 heavy (non-hydrogen) atoms. The standard InChI is InChI=1S/C9H6F5N3O/c10-6(11)5-3-4(1-2-15)8(17-7(5)16)18-9(12,13)14/h3,6H,1H2,(H2,16,17). The number of hydrogen-bond acceptors (Lipinski definition) is 4. The third-order valence-corrected chi connectivity index (χ3v) is 1.84. The smallest absolute Gasteiger partial charge is 0.387 e. The summed E-state index contributed by atoms with van der Waals surface area (Å²) in [5.74, 6) is -1.77. The maximum Gasteiger partial charge on any atom is 0.574 e. The molecule has 0 aliphatic heterocycles. The summed E-state index contributed by atoms with van der Waals surface area (Å²) in [6, 6.07) is 2.20. The van der Waals surface area contributed by atoms with Gasteiger partial charge in [0, 0.05) is 5.56 Å². The minimum absolute atomic E-state index is 0.403. The lowest BCUT2D eigenvalue weighted by molar-refractivity contribution is -0.276. The predicted octanol–water partition coefficient (Wildman–Crippen LogP) is 2.57. The topological polar surface area (TPSA) is 71.9 Å². The van der Waals surface area contributed by atoms with Crippen molar-refractivity contribution in [1.29, 1.82) is 5.26 Å². The molecule has 98 valence electrons. The largest absolute Gasteiger partial charge is 0.574 e. The summed E-state index contributed by atoms with van der Waals surface area (Å²) in [7, 11) is 0. The molecule has 1 aromatic heterocycles. The lowest BCUT2D eigenvalue weighted by Crippen LogP contribution is -2.19. The van der Waals surface area contributed by atoms with Crippen molar-refractivity contribution in [2.45, 2.75) is 19.2 Å². The second kappa shape index (κ2) is 5.03. The number of aromatic nitrogens is 1. The van der Waals surface area contributed by atoms with Crippen LogP contribution in [-0.4, -0.2) is 11.3 Å². The number of nitrogens with two attached hydrogens (primary N) is 1. The molecular formula is C9H6F5N3O. The van der Waals surface area contributed by atoms with Gasteiger partial charge in [0.2, 0.25) is 5.88 Å². The molecule has 0 aliphatic carbocycles. The number of ether oxygens (including phenoxy) is 1. The van der Waals surface area contributed by atoms with Crippen molar-refractivity contribution in [3.8, 4) is 11.9 Å². The van der Waals surface area contributed by atoms with Crippen molar-refractivity contribution in [2.24, 2.45) is 0 Å². The van der Waals surface area contributed by atoms with E-state index in [0.717, 1.165) is 0 Å². The van der Waals surface area contributed by atoms with E-state index < -0.39 is 42.0 Å². The molecule has 0 unspecified atom stereocenters. The molecule has 9 heteroatoms. The van der Waals surface area contributed by atoms with E-state index in [1.807, 2.05) is 0 Å². The lowest BCUT2D eigenvalue weighted by Gasteiger charge is -2.13. The molecule has 0 aliphatic rings. The number of pyridine rings is 1. The van der Waals surface area contributed by atoms with Crippen molar-refractivity contribution < 1.29 is 26.7 Å². The fourth-order valence-electron chi connectivity index (χ4n) is 1.15. The van der Waals surface area contributed by atoms with Gasteiger partial charge < -0.3 is 10.5 Å². The van der Waals surface area contributed by atoms with Crippen molar-refractivity contribution >= 4 is 5.82 Å². The Balaban J connectivity index is 3.25. The SMILES string of the molecule is N#CCc1cc(C(F)F)c(N)nc1OC(F)(F)F. The number of anilines is 1. The molecule has 0 bridgehead atoms. The average Bonchev–Trinajstić information content (AvgIpc) is 2.19. The van der Waals surface area contributed by atoms with Gasteiger partial charge in [-0.2, -0.15) is 10.2 Å². The monoisotopic (exact) mass is 267 g/mol. The first-order chi connectivity index (χ1) is 8.24. The van der Waals surface area contributed by atoms with Crippen LogP contribution in [0, 0.1) is 11.3 Å². The van der Waals surface area contributed by atoms with E-state index >= 15 is 0 Å². The summed E-state index contributed by atoms with van der Waals surface area (Å²) in [4.78, 5) is 3.10. The zero-order valence-electron chi connectivity index (χ0n) is 8.63. The van der Waals surface area contributed by atoms with Crippen molar-refractivity contribution in [2.75, 3.05) is 5.73 Å². The van der Waals surface area contributed by atoms with E-state index in [4.69, 9.17) is 11.0 Å². The van der Waals surface area contributed by atoms with Gasteiger partial charge in [0.05, 0.1) is 18.1 Å². The normalized spacial score (nSPS) is 11.4. The highest BCUT2D eigenvalue weighted by molar-refractivity contribution is 5.47. The minimum Gasteiger partial charge on any atom is -0.387 e. The van der Waals surface area contributed by atoms with Gasteiger partial charge in [-0.15, -0.1) is 13.2 Å². The van der Waals surface area contributed by atoms with Crippen LogP contribution in [0.15, 0.2) is 6.07 Å². The average molecular weight is 267 g/mol. The molecule has 0 fully saturated rings. The van der Waals surface area contributed by atoms with E-state index in [-0.39, 0.29) is 0 Å². The van der Waals surface area contributed by atoms with Crippen LogP contribution in [0.5, 0.6) is 5.88 Å². The third kappa shape index (κ3) is 3.44. The van der Waals surface area contributed by atoms with Gasteiger partial charge in [0.1, 0.15) is 5.82 Å². The molecule has 1 aromatic rings. The second-order valence-electron chi connectivity index (χ2n) is 3.11. The molecular weight excluding hydrogens is 261 g/mol. The molecule has 0 saturated heterocycles. The molecule has 0 spiro atoms. The third-order valence-electron chi connectivity index (χ3n) is 1.84. The van der Waals surface area contributed by atoms with Crippen molar-refractivity contribution in [3.05, 3.63) is 17.2 Å². The zero-order chi connectivity index (χ0) is 13.9. The van der Waals surface area contributed by atoms with Crippen LogP contribution in [0.2, 0.25) is 0 Å². The Hall–Kier alpha value is -2.11. The molecule has 0 aromatic carbocycles. The highest BCUT2D eigenvalue weighted by Crippen LogP contribution is 2.31. The Morgan fingerprint density at radius 2 is 2.06 bits per heavy atom. The highest BCUT2D eigenvalue weighted by Gasteiger charge is 2.33. The first-order valence-electron chi connectivity index (χ1n) is 4.44. The minimum atomic E-state index is -5.05. The van der Waals surface area contributed by atoms with E-state index in [1.165, 1.54) is 6.07 Å². The van der Waals surface area contributed by atoms with Crippen LogP contribution in [0.3, 0.4) is 0 Å². The van der Waals surface area contributed by atoms with Crippen molar-refractivity contribution in [1.82, 2.24) is 4.98 Å². The first kappa shape index (κ1) is 14.0. The van der Waals surface area contributed by atoms with Crippen molar-refractivity contribution in [3.63, 3.8) is 0 Å². The fraction of sp³-hybridized carbons (Fsp3) is 0.333. The predicted molar refractivity (Wildman–Crippen MR) is 49.6 cm³/mol. The Bertz CT molecular complexity index is 480. The molecule has 0 atom stereocenters. The molecule has 0 amide bonds. The second-order valence-corrected chi connectivity index (χ2v) is 3.11. The highest BCUT2D eigenvalue weighted by atomic mass is 19.4. The first-order valence-corrected chi connectivity index (χ1v) is 4.44. The summed E-state index contributed by atoms with van der Waals surface area (Å²) < 4.78 is 64.5. The molecule has 1 rings (SSSR count). The van der Waals surface area contributed by atoms with Crippen LogP contribution in [0.25, 0.3) is 0 Å². The van der Waals surface area contributed by atoms with E-state index in [0.29, 0.717) is 6.07 Å². The van der Waals surface area contributed by atoms with Gasteiger partial charge in [0.15, 0.2) is 0 Å². The molecule has 2 N–H and O–H groups in total. The van der Waals surface area contributed by atoms with Gasteiger partial charge in [-0.3, -0.25) is 0 Å². The number of halogens is 5. The summed E-state index contributed by atoms with van der Waals surface area (Å²) in [5.41, 5.74) is 3.94. The Kier molecular flexibility index (Phi) is 3.90. The quantitative estimate of drug-likeness (QED) is 0.854. The maximum absolute atomic E-state index is 12.5. The van der Waals surface area contributed by atoms with Gasteiger partial charge >= 0.3 is 6.36 Å². The van der Waals surface area contributed by atoms with Gasteiger partial charge in [-0.25, -0.2) is 8.78 Å². The molecule has 4 nitrogen and oxygen atoms in total. The molecule has 0 radical (unpaired) electrons. The summed E-state index contributed by atoms with van der Waals surface area (Å²) in [6.45, 7) is 0. The van der Waals surface area contributed by atoms with Crippen LogP contribution in [0.1, 0.15) is 17.6 Å². The lowest BCUT2D eigenvalue weighted by atomic mass is 10.1. The number of nitrogens with zero attached hydrogens (tertiary/aromatic N) is 2. The summed E-state index contributed by atoms with van der Waals surface area (Å²) >= 11 is 0.